The van der Waals surface area contributed by atoms with Gasteiger partial charge in [-0.1, -0.05) is 6.07 Å². The average molecular weight is 299 g/mol. The van der Waals surface area contributed by atoms with Gasteiger partial charge in [0, 0.05) is 12.0 Å². The molecule has 22 heavy (non-hydrogen) atoms. The first-order valence-corrected chi connectivity index (χ1v) is 7.49. The fraction of sp³-hybridized carbons (Fsp3) is 0.353. The van der Waals surface area contributed by atoms with Crippen LogP contribution in [0.2, 0.25) is 0 Å². The Balaban J connectivity index is 1.48. The maximum atomic E-state index is 12.0. The second-order valence-electron chi connectivity index (χ2n) is 5.80. The molecule has 4 rings (SSSR count). The Labute approximate surface area is 128 Å². The number of nitrogens with one attached hydrogen (secondary N) is 1. The maximum Gasteiger partial charge on any atom is 0.287 e. The first kappa shape index (κ1) is 13.2. The van der Waals surface area contributed by atoms with E-state index in [9.17, 15) is 4.79 Å². The molecule has 5 heteroatoms. The van der Waals surface area contributed by atoms with E-state index >= 15 is 0 Å². The summed E-state index contributed by atoms with van der Waals surface area (Å²) < 4.78 is 16.3. The number of benzene rings is 1. The van der Waals surface area contributed by atoms with Crippen LogP contribution in [0.4, 0.5) is 0 Å². The average Bonchev–Trinajstić information content (AvgIpc) is 3.15. The molecule has 0 unspecified atom stereocenters. The van der Waals surface area contributed by atoms with Gasteiger partial charge in [-0.15, -0.1) is 0 Å². The highest BCUT2D eigenvalue weighted by Gasteiger charge is 2.45. The van der Waals surface area contributed by atoms with Crippen LogP contribution in [0.15, 0.2) is 41.0 Å². The molecular formula is C17H17NO4. The monoisotopic (exact) mass is 299 g/mol. The van der Waals surface area contributed by atoms with Crippen LogP contribution >= 0.6 is 0 Å². The Morgan fingerprint density at radius 1 is 1.14 bits per heavy atom. The van der Waals surface area contributed by atoms with E-state index in [0.717, 1.165) is 24.3 Å². The van der Waals surface area contributed by atoms with Gasteiger partial charge in [-0.05, 0) is 42.7 Å². The smallest absolute Gasteiger partial charge is 0.287 e. The summed E-state index contributed by atoms with van der Waals surface area (Å²) in [5.41, 5.74) is 1.20. The van der Waals surface area contributed by atoms with Crippen molar-refractivity contribution in [2.45, 2.75) is 18.3 Å². The lowest BCUT2D eigenvalue weighted by molar-refractivity contribution is 0.0922. The summed E-state index contributed by atoms with van der Waals surface area (Å²) in [6.45, 7) is 1.78. The molecule has 5 nitrogen and oxygen atoms in total. The zero-order chi connectivity index (χ0) is 15.0. The molecule has 1 aromatic carbocycles. The van der Waals surface area contributed by atoms with Crippen LogP contribution in [-0.4, -0.2) is 25.7 Å². The first-order valence-electron chi connectivity index (χ1n) is 7.49. The number of fused-ring (bicyclic) bond motifs is 1. The third-order valence-electron chi connectivity index (χ3n) is 4.34. The quantitative estimate of drug-likeness (QED) is 0.942. The number of hydrogen-bond acceptors (Lipinski definition) is 4. The lowest BCUT2D eigenvalue weighted by Crippen LogP contribution is -2.32. The molecule has 1 fully saturated rings. The van der Waals surface area contributed by atoms with Crippen LogP contribution in [0.25, 0.3) is 0 Å². The van der Waals surface area contributed by atoms with Crippen LogP contribution in [0, 0.1) is 0 Å². The molecule has 0 bridgehead atoms. The predicted molar refractivity (Wildman–Crippen MR) is 79.4 cm³/mol. The van der Waals surface area contributed by atoms with Gasteiger partial charge in [0.05, 0.1) is 6.26 Å². The molecule has 0 radical (unpaired) electrons. The van der Waals surface area contributed by atoms with Crippen molar-refractivity contribution in [3.05, 3.63) is 47.9 Å². The maximum absolute atomic E-state index is 12.0. The molecule has 1 saturated carbocycles. The summed E-state index contributed by atoms with van der Waals surface area (Å²) in [6, 6.07) is 9.44. The lowest BCUT2D eigenvalue weighted by atomic mass is 9.95. The van der Waals surface area contributed by atoms with E-state index in [2.05, 4.69) is 11.4 Å². The van der Waals surface area contributed by atoms with Gasteiger partial charge in [0.25, 0.3) is 5.91 Å². The Bertz CT molecular complexity index is 689. The molecule has 0 atom stereocenters. The molecule has 1 N–H and O–H groups in total. The van der Waals surface area contributed by atoms with Crippen molar-refractivity contribution in [2.24, 2.45) is 0 Å². The summed E-state index contributed by atoms with van der Waals surface area (Å²) in [5.74, 6) is 1.77. The SMILES string of the molecule is O=C(NCC1(c2ccc3c(c2)OCCO3)CC1)c1ccco1. The largest absolute Gasteiger partial charge is 0.486 e. The summed E-state index contributed by atoms with van der Waals surface area (Å²) in [7, 11) is 0. The van der Waals surface area contributed by atoms with Crippen LogP contribution in [0.3, 0.4) is 0 Å². The second kappa shape index (κ2) is 5.09. The van der Waals surface area contributed by atoms with Crippen molar-refractivity contribution in [3.63, 3.8) is 0 Å². The summed E-state index contributed by atoms with van der Waals surface area (Å²) in [4.78, 5) is 12.0. The van der Waals surface area contributed by atoms with Crippen molar-refractivity contribution >= 4 is 5.91 Å². The summed E-state index contributed by atoms with van der Waals surface area (Å²) in [6.07, 6.45) is 3.62. The zero-order valence-corrected chi connectivity index (χ0v) is 12.1. The number of carbonyl (C=O) groups excluding carboxylic acids is 1. The number of carbonyl (C=O) groups is 1. The molecule has 114 valence electrons. The Morgan fingerprint density at radius 2 is 1.95 bits per heavy atom. The number of furan rings is 1. The molecule has 1 amide bonds. The molecule has 1 aliphatic heterocycles. The molecule has 2 heterocycles. The van der Waals surface area contributed by atoms with Gasteiger partial charge < -0.3 is 19.2 Å². The molecular weight excluding hydrogens is 282 g/mol. The van der Waals surface area contributed by atoms with Gasteiger partial charge in [0.2, 0.25) is 0 Å². The van der Waals surface area contributed by atoms with Crippen LogP contribution in [0.1, 0.15) is 29.0 Å². The lowest BCUT2D eigenvalue weighted by Gasteiger charge is -2.22. The van der Waals surface area contributed by atoms with E-state index in [4.69, 9.17) is 13.9 Å². The molecule has 0 saturated heterocycles. The van der Waals surface area contributed by atoms with Crippen molar-refractivity contribution in [2.75, 3.05) is 19.8 Å². The van der Waals surface area contributed by atoms with Crippen LogP contribution in [-0.2, 0) is 5.41 Å². The topological polar surface area (TPSA) is 60.7 Å². The predicted octanol–water partition coefficient (Wildman–Crippen LogP) is 2.51. The number of amides is 1. The standard InChI is InChI=1S/C17H17NO4/c19-16(14-2-1-7-20-14)18-11-17(5-6-17)12-3-4-13-15(10-12)22-9-8-21-13/h1-4,7,10H,5-6,8-9,11H2,(H,18,19). The van der Waals surface area contributed by atoms with E-state index < -0.39 is 0 Å². The van der Waals surface area contributed by atoms with Crippen molar-refractivity contribution in [3.8, 4) is 11.5 Å². The van der Waals surface area contributed by atoms with E-state index in [1.165, 1.54) is 11.8 Å². The Hall–Kier alpha value is -2.43. The highest BCUT2D eigenvalue weighted by molar-refractivity contribution is 5.91. The summed E-state index contributed by atoms with van der Waals surface area (Å²) >= 11 is 0. The molecule has 1 aromatic heterocycles. The number of hydrogen-bond donors (Lipinski definition) is 1. The number of ether oxygens (including phenoxy) is 2. The molecule has 0 spiro atoms. The van der Waals surface area contributed by atoms with Gasteiger partial charge in [-0.3, -0.25) is 4.79 Å². The molecule has 2 aromatic rings. The van der Waals surface area contributed by atoms with E-state index in [1.807, 2.05) is 12.1 Å². The summed E-state index contributed by atoms with van der Waals surface area (Å²) in [5, 5.41) is 2.96. The normalized spacial score (nSPS) is 17.8. The van der Waals surface area contributed by atoms with Crippen molar-refractivity contribution in [1.82, 2.24) is 5.32 Å². The highest BCUT2D eigenvalue weighted by atomic mass is 16.6. The highest BCUT2D eigenvalue weighted by Crippen LogP contribution is 2.49. The van der Waals surface area contributed by atoms with E-state index in [0.29, 0.717) is 25.5 Å². The third kappa shape index (κ3) is 2.32. The van der Waals surface area contributed by atoms with Crippen molar-refractivity contribution in [1.29, 1.82) is 0 Å². The first-order chi connectivity index (χ1) is 10.8. The Kier molecular flexibility index (Phi) is 3.06. The fourth-order valence-corrected chi connectivity index (χ4v) is 2.84. The third-order valence-corrected chi connectivity index (χ3v) is 4.34. The van der Waals surface area contributed by atoms with Gasteiger partial charge in [-0.2, -0.15) is 0 Å². The van der Waals surface area contributed by atoms with Gasteiger partial charge >= 0.3 is 0 Å². The second-order valence-corrected chi connectivity index (χ2v) is 5.80. The molecule has 1 aliphatic carbocycles. The minimum absolute atomic E-state index is 0.0120. The van der Waals surface area contributed by atoms with Gasteiger partial charge in [0.1, 0.15) is 13.2 Å². The number of rotatable bonds is 4. The van der Waals surface area contributed by atoms with E-state index in [-0.39, 0.29) is 11.3 Å². The molecule has 2 aliphatic rings. The van der Waals surface area contributed by atoms with Crippen LogP contribution < -0.4 is 14.8 Å². The van der Waals surface area contributed by atoms with Gasteiger partial charge in [0.15, 0.2) is 17.3 Å². The van der Waals surface area contributed by atoms with Gasteiger partial charge in [-0.25, -0.2) is 0 Å². The van der Waals surface area contributed by atoms with Crippen molar-refractivity contribution < 1.29 is 18.7 Å². The fourth-order valence-electron chi connectivity index (χ4n) is 2.84. The minimum atomic E-state index is -0.172. The zero-order valence-electron chi connectivity index (χ0n) is 12.1. The van der Waals surface area contributed by atoms with Crippen LogP contribution in [0.5, 0.6) is 11.5 Å². The minimum Gasteiger partial charge on any atom is -0.486 e. The van der Waals surface area contributed by atoms with E-state index in [1.54, 1.807) is 12.1 Å². The Morgan fingerprint density at radius 3 is 2.68 bits per heavy atom.